The van der Waals surface area contributed by atoms with E-state index in [0.717, 1.165) is 6.54 Å². The van der Waals surface area contributed by atoms with Crippen molar-refractivity contribution in [3.05, 3.63) is 70.4 Å². The number of rotatable bonds is 3. The molecule has 0 fully saturated rings. The second kappa shape index (κ2) is 5.38. The van der Waals surface area contributed by atoms with Crippen molar-refractivity contribution in [3.63, 3.8) is 0 Å². The van der Waals surface area contributed by atoms with Crippen LogP contribution in [0.25, 0.3) is 10.9 Å². The van der Waals surface area contributed by atoms with Crippen LogP contribution < -0.4 is 5.73 Å². The molecule has 2 N–H and O–H groups in total. The maximum Gasteiger partial charge on any atom is 0.0486 e. The lowest BCUT2D eigenvalue weighted by molar-refractivity contribution is 0.822. The Kier molecular flexibility index (Phi) is 3.56. The van der Waals surface area contributed by atoms with Crippen LogP contribution in [0, 0.1) is 20.8 Å². The molecule has 0 aliphatic carbocycles. The molecule has 0 spiro atoms. The van der Waals surface area contributed by atoms with Gasteiger partial charge < -0.3 is 10.3 Å². The quantitative estimate of drug-likeness (QED) is 0.769. The molecule has 0 radical (unpaired) electrons. The Morgan fingerprint density at radius 1 is 0.952 bits per heavy atom. The van der Waals surface area contributed by atoms with Gasteiger partial charge in [0.2, 0.25) is 0 Å². The average molecular weight is 278 g/mol. The summed E-state index contributed by atoms with van der Waals surface area (Å²) in [6.45, 7) is 8.06. The summed E-state index contributed by atoms with van der Waals surface area (Å²) in [6, 6.07) is 13.2. The second-order valence-corrected chi connectivity index (χ2v) is 5.92. The van der Waals surface area contributed by atoms with E-state index in [1.807, 2.05) is 0 Å². The zero-order chi connectivity index (χ0) is 15.0. The molecule has 0 saturated heterocycles. The van der Waals surface area contributed by atoms with Gasteiger partial charge in [0.1, 0.15) is 0 Å². The first kappa shape index (κ1) is 13.9. The Bertz CT molecular complexity index is 773. The summed E-state index contributed by atoms with van der Waals surface area (Å²) in [4.78, 5) is 0. The van der Waals surface area contributed by atoms with Crippen LogP contribution in [0.2, 0.25) is 0 Å². The second-order valence-electron chi connectivity index (χ2n) is 5.92. The highest BCUT2D eigenvalue weighted by atomic mass is 14.9. The predicted molar refractivity (Wildman–Crippen MR) is 89.6 cm³/mol. The molecule has 1 aromatic heterocycles. The number of aromatic nitrogens is 1. The first-order chi connectivity index (χ1) is 10.1. The lowest BCUT2D eigenvalue weighted by Gasteiger charge is -2.13. The average Bonchev–Trinajstić information content (AvgIpc) is 2.84. The Morgan fingerprint density at radius 2 is 1.67 bits per heavy atom. The van der Waals surface area contributed by atoms with E-state index in [2.05, 4.69) is 67.9 Å². The van der Waals surface area contributed by atoms with Gasteiger partial charge in [-0.25, -0.2) is 0 Å². The van der Waals surface area contributed by atoms with Gasteiger partial charge in [-0.1, -0.05) is 29.8 Å². The molecule has 0 atom stereocenters. The predicted octanol–water partition coefficient (Wildman–Crippen LogP) is 4.07. The van der Waals surface area contributed by atoms with Crippen LogP contribution in [-0.2, 0) is 13.1 Å². The summed E-state index contributed by atoms with van der Waals surface area (Å²) >= 11 is 0. The fourth-order valence-corrected chi connectivity index (χ4v) is 3.12. The molecule has 2 nitrogen and oxygen atoms in total. The molecular weight excluding hydrogens is 256 g/mol. The molecule has 0 unspecified atom stereocenters. The van der Waals surface area contributed by atoms with Gasteiger partial charge in [-0.2, -0.15) is 0 Å². The molecule has 3 rings (SSSR count). The van der Waals surface area contributed by atoms with Crippen LogP contribution in [0.5, 0.6) is 0 Å². The zero-order valence-electron chi connectivity index (χ0n) is 13.0. The summed E-state index contributed by atoms with van der Waals surface area (Å²) in [7, 11) is 0. The number of hydrogen-bond donors (Lipinski definition) is 1. The van der Waals surface area contributed by atoms with Crippen molar-refractivity contribution < 1.29 is 0 Å². The molecule has 21 heavy (non-hydrogen) atoms. The van der Waals surface area contributed by atoms with Crippen molar-refractivity contribution in [1.29, 1.82) is 0 Å². The van der Waals surface area contributed by atoms with E-state index in [9.17, 15) is 0 Å². The highest BCUT2D eigenvalue weighted by molar-refractivity contribution is 5.81. The number of hydrogen-bond acceptors (Lipinski definition) is 1. The highest BCUT2D eigenvalue weighted by Crippen LogP contribution is 2.22. The van der Waals surface area contributed by atoms with Gasteiger partial charge in [-0.15, -0.1) is 0 Å². The van der Waals surface area contributed by atoms with Crippen molar-refractivity contribution in [3.8, 4) is 0 Å². The molecule has 108 valence electrons. The summed E-state index contributed by atoms with van der Waals surface area (Å²) < 4.78 is 2.32. The molecule has 3 aromatic rings. The van der Waals surface area contributed by atoms with Crippen LogP contribution in [-0.4, -0.2) is 4.57 Å². The van der Waals surface area contributed by atoms with Gasteiger partial charge in [-0.3, -0.25) is 0 Å². The van der Waals surface area contributed by atoms with E-state index in [1.54, 1.807) is 0 Å². The Labute approximate surface area is 126 Å². The molecule has 0 amide bonds. The largest absolute Gasteiger partial charge is 0.343 e. The lowest BCUT2D eigenvalue weighted by atomic mass is 10.00. The minimum absolute atomic E-state index is 0.587. The minimum Gasteiger partial charge on any atom is -0.343 e. The lowest BCUT2D eigenvalue weighted by Crippen LogP contribution is -2.03. The van der Waals surface area contributed by atoms with Crippen LogP contribution in [0.15, 0.2) is 42.6 Å². The standard InChI is InChI=1S/C19H22N2/c1-13-8-14(2)18(15(3)9-13)12-21-7-6-17-5-4-16(11-20)10-19(17)21/h4-10H,11-12,20H2,1-3H3. The highest BCUT2D eigenvalue weighted by Gasteiger charge is 2.07. The van der Waals surface area contributed by atoms with E-state index >= 15 is 0 Å². The number of nitrogens with zero attached hydrogens (tertiary/aromatic N) is 1. The normalized spacial score (nSPS) is 11.2. The van der Waals surface area contributed by atoms with Crippen molar-refractivity contribution in [1.82, 2.24) is 4.57 Å². The van der Waals surface area contributed by atoms with Crippen molar-refractivity contribution in [2.75, 3.05) is 0 Å². The van der Waals surface area contributed by atoms with Crippen molar-refractivity contribution >= 4 is 10.9 Å². The summed E-state index contributed by atoms with van der Waals surface area (Å²) in [6.07, 6.45) is 2.17. The molecule has 0 aliphatic heterocycles. The Morgan fingerprint density at radius 3 is 2.33 bits per heavy atom. The van der Waals surface area contributed by atoms with E-state index < -0.39 is 0 Å². The maximum absolute atomic E-state index is 5.77. The van der Waals surface area contributed by atoms with E-state index in [4.69, 9.17) is 5.73 Å². The first-order valence-electron chi connectivity index (χ1n) is 7.43. The van der Waals surface area contributed by atoms with Gasteiger partial charge in [-0.05, 0) is 60.5 Å². The van der Waals surface area contributed by atoms with Crippen LogP contribution in [0.4, 0.5) is 0 Å². The summed E-state index contributed by atoms with van der Waals surface area (Å²) in [5.74, 6) is 0. The molecule has 2 heteroatoms. The third kappa shape index (κ3) is 2.59. The molecule has 2 aromatic carbocycles. The monoisotopic (exact) mass is 278 g/mol. The minimum atomic E-state index is 0.587. The van der Waals surface area contributed by atoms with Gasteiger partial charge in [0.05, 0.1) is 0 Å². The third-order valence-corrected chi connectivity index (χ3v) is 4.24. The zero-order valence-corrected chi connectivity index (χ0v) is 13.0. The number of nitrogens with two attached hydrogens (primary N) is 1. The third-order valence-electron chi connectivity index (χ3n) is 4.24. The van der Waals surface area contributed by atoms with Crippen molar-refractivity contribution in [2.45, 2.75) is 33.9 Å². The number of benzene rings is 2. The van der Waals surface area contributed by atoms with Crippen molar-refractivity contribution in [2.24, 2.45) is 5.73 Å². The van der Waals surface area contributed by atoms with Gasteiger partial charge >= 0.3 is 0 Å². The van der Waals surface area contributed by atoms with Gasteiger partial charge in [0.25, 0.3) is 0 Å². The number of aryl methyl sites for hydroxylation is 3. The van der Waals surface area contributed by atoms with E-state index in [0.29, 0.717) is 6.54 Å². The fraction of sp³-hybridized carbons (Fsp3) is 0.263. The van der Waals surface area contributed by atoms with E-state index in [-0.39, 0.29) is 0 Å². The van der Waals surface area contributed by atoms with Gasteiger partial charge in [0, 0.05) is 24.8 Å². The molecule has 0 aliphatic rings. The number of fused-ring (bicyclic) bond motifs is 1. The molecule has 1 heterocycles. The SMILES string of the molecule is Cc1cc(C)c(Cn2ccc3ccc(CN)cc32)c(C)c1. The Balaban J connectivity index is 2.06. The molecule has 0 saturated carbocycles. The van der Waals surface area contributed by atoms with E-state index in [1.165, 1.54) is 38.7 Å². The maximum atomic E-state index is 5.77. The molecular formula is C19H22N2. The molecule has 0 bridgehead atoms. The fourth-order valence-electron chi connectivity index (χ4n) is 3.12. The Hall–Kier alpha value is -2.06. The summed E-state index contributed by atoms with van der Waals surface area (Å²) in [5.41, 5.74) is 13.7. The summed E-state index contributed by atoms with van der Waals surface area (Å²) in [5, 5.41) is 1.27. The first-order valence-corrected chi connectivity index (χ1v) is 7.43. The smallest absolute Gasteiger partial charge is 0.0486 e. The van der Waals surface area contributed by atoms with Gasteiger partial charge in [0.15, 0.2) is 0 Å². The van der Waals surface area contributed by atoms with Crippen LogP contribution >= 0.6 is 0 Å². The van der Waals surface area contributed by atoms with Crippen LogP contribution in [0.1, 0.15) is 27.8 Å². The van der Waals surface area contributed by atoms with Crippen LogP contribution in [0.3, 0.4) is 0 Å². The topological polar surface area (TPSA) is 30.9 Å².